The number of rotatable bonds is 1. The Morgan fingerprint density at radius 3 is 3.00 bits per heavy atom. The predicted octanol–water partition coefficient (Wildman–Crippen LogP) is 0.1000. The molecule has 1 aromatic rings. The van der Waals surface area contributed by atoms with Crippen LogP contribution in [0.15, 0.2) is 12.4 Å². The molecular weight excluding hydrogens is 216 g/mol. The van der Waals surface area contributed by atoms with Gasteiger partial charge in [-0.15, -0.1) is 0 Å². The minimum Gasteiger partial charge on any atom is -0.333 e. The van der Waals surface area contributed by atoms with Gasteiger partial charge in [-0.1, -0.05) is 0 Å². The van der Waals surface area contributed by atoms with Crippen molar-refractivity contribution in [3.8, 4) is 0 Å². The highest BCUT2D eigenvalue weighted by atomic mass is 16.2. The standard InChI is InChI=1S/C12H18N4O/c1-8-10-6-13-5-9(10)7-16(8)12(17)11-14-3-4-15(11)2/h3-4,8-10,13H,5-7H2,1-2H3. The van der Waals surface area contributed by atoms with Crippen molar-refractivity contribution < 1.29 is 4.79 Å². The molecule has 0 radical (unpaired) electrons. The third-order valence-electron chi connectivity index (χ3n) is 4.21. The Labute approximate surface area is 101 Å². The second-order valence-corrected chi connectivity index (χ2v) is 5.14. The maximum absolute atomic E-state index is 12.4. The Morgan fingerprint density at radius 2 is 2.35 bits per heavy atom. The van der Waals surface area contributed by atoms with Crippen LogP contribution in [0, 0.1) is 11.8 Å². The predicted molar refractivity (Wildman–Crippen MR) is 63.6 cm³/mol. The van der Waals surface area contributed by atoms with Crippen molar-refractivity contribution in [1.29, 1.82) is 0 Å². The topological polar surface area (TPSA) is 50.2 Å². The van der Waals surface area contributed by atoms with Gasteiger partial charge in [0.1, 0.15) is 0 Å². The van der Waals surface area contributed by atoms with Crippen molar-refractivity contribution in [3.63, 3.8) is 0 Å². The summed E-state index contributed by atoms with van der Waals surface area (Å²) >= 11 is 0. The number of carbonyl (C=O) groups is 1. The maximum Gasteiger partial charge on any atom is 0.290 e. The number of amides is 1. The Kier molecular flexibility index (Phi) is 2.43. The van der Waals surface area contributed by atoms with Gasteiger partial charge in [0, 0.05) is 45.1 Å². The first kappa shape index (κ1) is 10.8. The Balaban J connectivity index is 1.82. The van der Waals surface area contributed by atoms with Crippen LogP contribution in [-0.4, -0.2) is 46.0 Å². The van der Waals surface area contributed by atoms with Gasteiger partial charge in [0.15, 0.2) is 5.82 Å². The first-order valence-electron chi connectivity index (χ1n) is 6.17. The highest BCUT2D eigenvalue weighted by molar-refractivity contribution is 5.91. The first-order valence-corrected chi connectivity index (χ1v) is 6.17. The van der Waals surface area contributed by atoms with E-state index in [1.807, 2.05) is 18.1 Å². The molecule has 2 saturated heterocycles. The SMILES string of the molecule is CC1C2CNCC2CN1C(=O)c1nccn1C. The molecule has 0 bridgehead atoms. The summed E-state index contributed by atoms with van der Waals surface area (Å²) in [5.74, 6) is 1.85. The van der Waals surface area contributed by atoms with Gasteiger partial charge in [0.2, 0.25) is 0 Å². The monoisotopic (exact) mass is 234 g/mol. The molecule has 3 unspecified atom stereocenters. The van der Waals surface area contributed by atoms with Crippen LogP contribution in [-0.2, 0) is 7.05 Å². The molecule has 17 heavy (non-hydrogen) atoms. The Morgan fingerprint density at radius 1 is 1.53 bits per heavy atom. The van der Waals surface area contributed by atoms with E-state index in [0.717, 1.165) is 19.6 Å². The van der Waals surface area contributed by atoms with Crippen molar-refractivity contribution in [2.24, 2.45) is 18.9 Å². The molecule has 0 aliphatic carbocycles. The highest BCUT2D eigenvalue weighted by Crippen LogP contribution is 2.32. The quantitative estimate of drug-likeness (QED) is 0.750. The molecule has 3 atom stereocenters. The van der Waals surface area contributed by atoms with Crippen LogP contribution in [0.4, 0.5) is 0 Å². The summed E-state index contributed by atoms with van der Waals surface area (Å²) in [6.45, 7) is 5.10. The van der Waals surface area contributed by atoms with Gasteiger partial charge >= 0.3 is 0 Å². The number of aryl methyl sites for hydroxylation is 1. The summed E-state index contributed by atoms with van der Waals surface area (Å²) in [6, 6.07) is 0.319. The lowest BCUT2D eigenvalue weighted by Crippen LogP contribution is -2.39. The fourth-order valence-electron chi connectivity index (χ4n) is 3.14. The molecule has 5 heteroatoms. The van der Waals surface area contributed by atoms with Gasteiger partial charge in [-0.05, 0) is 18.8 Å². The minimum atomic E-state index is 0.0689. The number of fused-ring (bicyclic) bond motifs is 1. The molecule has 0 spiro atoms. The minimum absolute atomic E-state index is 0.0689. The molecule has 3 rings (SSSR count). The lowest BCUT2D eigenvalue weighted by Gasteiger charge is -2.24. The lowest BCUT2D eigenvalue weighted by atomic mass is 9.95. The molecule has 0 saturated carbocycles. The van der Waals surface area contributed by atoms with E-state index >= 15 is 0 Å². The lowest BCUT2D eigenvalue weighted by molar-refractivity contribution is 0.0712. The normalized spacial score (nSPS) is 31.9. The second-order valence-electron chi connectivity index (χ2n) is 5.14. The molecule has 92 valence electrons. The number of likely N-dealkylation sites (tertiary alicyclic amines) is 1. The zero-order chi connectivity index (χ0) is 12.0. The van der Waals surface area contributed by atoms with Crippen LogP contribution >= 0.6 is 0 Å². The fraction of sp³-hybridized carbons (Fsp3) is 0.667. The number of nitrogens with zero attached hydrogens (tertiary/aromatic N) is 3. The van der Waals surface area contributed by atoms with E-state index in [0.29, 0.717) is 23.7 Å². The van der Waals surface area contributed by atoms with Crippen molar-refractivity contribution in [2.75, 3.05) is 19.6 Å². The number of hydrogen-bond donors (Lipinski definition) is 1. The van der Waals surface area contributed by atoms with E-state index in [-0.39, 0.29) is 5.91 Å². The van der Waals surface area contributed by atoms with Crippen LogP contribution in [0.5, 0.6) is 0 Å². The number of nitrogens with one attached hydrogen (secondary N) is 1. The smallest absolute Gasteiger partial charge is 0.290 e. The van der Waals surface area contributed by atoms with E-state index < -0.39 is 0 Å². The van der Waals surface area contributed by atoms with E-state index in [1.54, 1.807) is 10.8 Å². The summed E-state index contributed by atoms with van der Waals surface area (Å²) in [5.41, 5.74) is 0. The van der Waals surface area contributed by atoms with Crippen LogP contribution in [0.2, 0.25) is 0 Å². The molecule has 2 aliphatic rings. The summed E-state index contributed by atoms with van der Waals surface area (Å²) in [5, 5.41) is 3.40. The molecular formula is C12H18N4O. The summed E-state index contributed by atoms with van der Waals surface area (Å²) < 4.78 is 1.79. The second kappa shape index (κ2) is 3.84. The van der Waals surface area contributed by atoms with Crippen molar-refractivity contribution in [1.82, 2.24) is 19.8 Å². The highest BCUT2D eigenvalue weighted by Gasteiger charge is 2.44. The van der Waals surface area contributed by atoms with Gasteiger partial charge in [0.25, 0.3) is 5.91 Å². The van der Waals surface area contributed by atoms with Gasteiger partial charge in [-0.2, -0.15) is 0 Å². The molecule has 2 aliphatic heterocycles. The van der Waals surface area contributed by atoms with E-state index in [4.69, 9.17) is 0 Å². The van der Waals surface area contributed by atoms with Gasteiger partial charge in [0.05, 0.1) is 0 Å². The van der Waals surface area contributed by atoms with Crippen LogP contribution in [0.1, 0.15) is 17.5 Å². The summed E-state index contributed by atoms with van der Waals surface area (Å²) in [7, 11) is 1.86. The van der Waals surface area contributed by atoms with Gasteiger partial charge in [-0.3, -0.25) is 4.79 Å². The molecule has 1 N–H and O–H groups in total. The van der Waals surface area contributed by atoms with Crippen LogP contribution in [0.25, 0.3) is 0 Å². The number of carbonyl (C=O) groups excluding carboxylic acids is 1. The number of hydrogen-bond acceptors (Lipinski definition) is 3. The molecule has 2 fully saturated rings. The number of imidazole rings is 1. The zero-order valence-corrected chi connectivity index (χ0v) is 10.3. The Hall–Kier alpha value is -1.36. The van der Waals surface area contributed by atoms with Crippen LogP contribution < -0.4 is 5.32 Å². The van der Waals surface area contributed by atoms with E-state index in [9.17, 15) is 4.79 Å². The fourth-order valence-corrected chi connectivity index (χ4v) is 3.14. The molecule has 1 amide bonds. The van der Waals surface area contributed by atoms with E-state index in [2.05, 4.69) is 17.2 Å². The average Bonchev–Trinajstić information content (AvgIpc) is 2.96. The Bertz CT molecular complexity index is 441. The molecule has 3 heterocycles. The number of aromatic nitrogens is 2. The van der Waals surface area contributed by atoms with Gasteiger partial charge < -0.3 is 14.8 Å². The first-order chi connectivity index (χ1) is 8.18. The van der Waals surface area contributed by atoms with Crippen molar-refractivity contribution in [3.05, 3.63) is 18.2 Å². The zero-order valence-electron chi connectivity index (χ0n) is 10.3. The maximum atomic E-state index is 12.4. The molecule has 0 aromatic carbocycles. The van der Waals surface area contributed by atoms with Crippen molar-refractivity contribution in [2.45, 2.75) is 13.0 Å². The van der Waals surface area contributed by atoms with Gasteiger partial charge in [-0.25, -0.2) is 4.98 Å². The summed E-state index contributed by atoms with van der Waals surface area (Å²) in [4.78, 5) is 18.5. The largest absolute Gasteiger partial charge is 0.333 e. The van der Waals surface area contributed by atoms with Crippen molar-refractivity contribution >= 4 is 5.91 Å². The molecule has 1 aromatic heterocycles. The summed E-state index contributed by atoms with van der Waals surface area (Å²) in [6.07, 6.45) is 3.49. The molecule has 5 nitrogen and oxygen atoms in total. The van der Waals surface area contributed by atoms with Crippen LogP contribution in [0.3, 0.4) is 0 Å². The average molecular weight is 234 g/mol. The van der Waals surface area contributed by atoms with E-state index in [1.165, 1.54) is 0 Å². The third kappa shape index (κ3) is 1.57. The third-order valence-corrected chi connectivity index (χ3v) is 4.21.